The van der Waals surface area contributed by atoms with Crippen molar-refractivity contribution in [3.8, 4) is 0 Å². The fourth-order valence-corrected chi connectivity index (χ4v) is 0.158. The average molecular weight is 100 g/mol. The van der Waals surface area contributed by atoms with E-state index in [1.807, 2.05) is 6.92 Å². The molecule has 0 aromatic heterocycles. The highest BCUT2D eigenvalue weighted by molar-refractivity contribution is 7.83. The predicted octanol–water partition coefficient (Wildman–Crippen LogP) is 2.01. The molecule has 1 heteroatoms. The summed E-state index contributed by atoms with van der Waals surface area (Å²) in [6, 6.07) is 0. The van der Waals surface area contributed by atoms with Gasteiger partial charge in [-0.05, 0) is 17.9 Å². The largest absolute Gasteiger partial charge is 0.151 e. The van der Waals surface area contributed by atoms with E-state index < -0.39 is 0 Å². The van der Waals surface area contributed by atoms with Crippen molar-refractivity contribution in [3.05, 3.63) is 23.6 Å². The Kier molecular flexibility index (Phi) is 2.95. The van der Waals surface area contributed by atoms with Crippen molar-refractivity contribution < 1.29 is 0 Å². The second-order valence-corrected chi connectivity index (χ2v) is 1.34. The van der Waals surface area contributed by atoms with Gasteiger partial charge in [0.15, 0.2) is 0 Å². The van der Waals surface area contributed by atoms with E-state index in [-0.39, 0.29) is 0 Å². The minimum absolute atomic E-state index is 1.10. The molecular formula is C5H8S. The predicted molar refractivity (Wildman–Crippen MR) is 32.9 cm³/mol. The van der Waals surface area contributed by atoms with Crippen LogP contribution in [-0.2, 0) is 0 Å². The van der Waals surface area contributed by atoms with Gasteiger partial charge in [-0.2, -0.15) is 12.6 Å². The maximum atomic E-state index is 3.86. The van der Waals surface area contributed by atoms with Crippen LogP contribution in [-0.4, -0.2) is 0 Å². The lowest BCUT2D eigenvalue weighted by Crippen LogP contribution is -1.55. The van der Waals surface area contributed by atoms with E-state index in [2.05, 4.69) is 19.2 Å². The summed E-state index contributed by atoms with van der Waals surface area (Å²) in [6.45, 7) is 5.46. The number of hydrogen-bond donors (Lipinski definition) is 1. The molecule has 0 aliphatic rings. The van der Waals surface area contributed by atoms with Crippen LogP contribution in [0.3, 0.4) is 0 Å². The van der Waals surface area contributed by atoms with Crippen molar-refractivity contribution in [2.24, 2.45) is 0 Å². The molecule has 0 aliphatic heterocycles. The molecule has 0 bridgehead atoms. The maximum absolute atomic E-state index is 3.86. The Bertz CT molecular complexity index is 72.0. The lowest BCUT2D eigenvalue weighted by atomic mass is 10.4. The molecular weight excluding hydrogens is 92.1 g/mol. The van der Waals surface area contributed by atoms with E-state index in [9.17, 15) is 0 Å². The first kappa shape index (κ1) is 5.83. The topological polar surface area (TPSA) is 0 Å². The molecule has 0 nitrogen and oxygen atoms in total. The molecule has 0 aromatic carbocycles. The molecule has 0 amide bonds. The third-order valence-electron chi connectivity index (χ3n) is 0.526. The van der Waals surface area contributed by atoms with Gasteiger partial charge in [-0.3, -0.25) is 0 Å². The van der Waals surface area contributed by atoms with Crippen molar-refractivity contribution in [2.75, 3.05) is 0 Å². The minimum Gasteiger partial charge on any atom is -0.151 e. The summed E-state index contributed by atoms with van der Waals surface area (Å²) >= 11 is 3.86. The van der Waals surface area contributed by atoms with Crippen LogP contribution in [0.25, 0.3) is 0 Å². The quantitative estimate of drug-likeness (QED) is 0.378. The average Bonchev–Trinajstić information content (AvgIpc) is 1.65. The molecule has 34 valence electrons. The third-order valence-corrected chi connectivity index (χ3v) is 0.933. The molecule has 0 aromatic rings. The SMILES string of the molecule is C=C/C(C)=C/S. The molecule has 0 atom stereocenters. The van der Waals surface area contributed by atoms with E-state index in [0.717, 1.165) is 5.57 Å². The molecule has 6 heavy (non-hydrogen) atoms. The number of thiol groups is 1. The van der Waals surface area contributed by atoms with E-state index in [0.29, 0.717) is 0 Å². The Morgan fingerprint density at radius 3 is 2.33 bits per heavy atom. The van der Waals surface area contributed by atoms with Gasteiger partial charge < -0.3 is 0 Å². The zero-order valence-electron chi connectivity index (χ0n) is 3.81. The van der Waals surface area contributed by atoms with E-state index in [1.165, 1.54) is 0 Å². The lowest BCUT2D eigenvalue weighted by Gasteiger charge is -1.77. The van der Waals surface area contributed by atoms with Crippen LogP contribution in [0.1, 0.15) is 6.92 Å². The van der Waals surface area contributed by atoms with Gasteiger partial charge in [0, 0.05) is 0 Å². The zero-order valence-corrected chi connectivity index (χ0v) is 4.70. The molecule has 0 heterocycles. The number of hydrogen-bond acceptors (Lipinski definition) is 1. The summed E-state index contributed by atoms with van der Waals surface area (Å²) in [5.41, 5.74) is 1.10. The molecule has 0 N–H and O–H groups in total. The number of allylic oxidation sites excluding steroid dienone is 2. The van der Waals surface area contributed by atoms with Gasteiger partial charge in [0.05, 0.1) is 0 Å². The normalized spacial score (nSPS) is 11.3. The summed E-state index contributed by atoms with van der Waals surface area (Å²) in [7, 11) is 0. The van der Waals surface area contributed by atoms with E-state index in [4.69, 9.17) is 0 Å². The van der Waals surface area contributed by atoms with Gasteiger partial charge >= 0.3 is 0 Å². The highest BCUT2D eigenvalue weighted by Gasteiger charge is 1.67. The van der Waals surface area contributed by atoms with Gasteiger partial charge in [-0.25, -0.2) is 0 Å². The van der Waals surface area contributed by atoms with E-state index in [1.54, 1.807) is 11.5 Å². The Balaban J connectivity index is 3.50. The Morgan fingerprint density at radius 1 is 1.83 bits per heavy atom. The maximum Gasteiger partial charge on any atom is -0.0295 e. The first-order valence-corrected chi connectivity index (χ1v) is 2.26. The Hall–Kier alpha value is -0.170. The lowest BCUT2D eigenvalue weighted by molar-refractivity contribution is 1.57. The molecule has 0 radical (unpaired) electrons. The van der Waals surface area contributed by atoms with Gasteiger partial charge in [-0.1, -0.05) is 12.7 Å². The van der Waals surface area contributed by atoms with Crippen molar-refractivity contribution in [1.29, 1.82) is 0 Å². The van der Waals surface area contributed by atoms with Crippen molar-refractivity contribution in [2.45, 2.75) is 6.92 Å². The summed E-state index contributed by atoms with van der Waals surface area (Å²) in [6.07, 6.45) is 1.76. The highest BCUT2D eigenvalue weighted by atomic mass is 32.1. The first-order chi connectivity index (χ1) is 2.81. The van der Waals surface area contributed by atoms with Gasteiger partial charge in [0.1, 0.15) is 0 Å². The molecule has 0 saturated carbocycles. The highest BCUT2D eigenvalue weighted by Crippen LogP contribution is 1.92. The second-order valence-electron chi connectivity index (χ2n) is 1.08. The van der Waals surface area contributed by atoms with E-state index >= 15 is 0 Å². The molecule has 0 spiro atoms. The fraction of sp³-hybridized carbons (Fsp3) is 0.200. The summed E-state index contributed by atoms with van der Waals surface area (Å²) in [5, 5.41) is 1.72. The van der Waals surface area contributed by atoms with Gasteiger partial charge in [0.2, 0.25) is 0 Å². The first-order valence-electron chi connectivity index (χ1n) is 1.74. The van der Waals surface area contributed by atoms with Crippen LogP contribution < -0.4 is 0 Å². The Morgan fingerprint density at radius 2 is 2.33 bits per heavy atom. The molecule has 0 unspecified atom stereocenters. The fourth-order valence-electron chi connectivity index (χ4n) is 0.0527. The van der Waals surface area contributed by atoms with Crippen LogP contribution in [0.5, 0.6) is 0 Å². The second kappa shape index (κ2) is 3.04. The smallest absolute Gasteiger partial charge is 0.0295 e. The molecule has 0 rings (SSSR count). The van der Waals surface area contributed by atoms with Gasteiger partial charge in [-0.15, -0.1) is 0 Å². The van der Waals surface area contributed by atoms with Crippen LogP contribution in [0, 0.1) is 0 Å². The molecule has 0 fully saturated rings. The zero-order chi connectivity index (χ0) is 4.99. The summed E-state index contributed by atoms with van der Waals surface area (Å²) in [5.74, 6) is 0. The van der Waals surface area contributed by atoms with Crippen molar-refractivity contribution >= 4 is 12.6 Å². The monoisotopic (exact) mass is 100 g/mol. The van der Waals surface area contributed by atoms with Crippen molar-refractivity contribution in [3.63, 3.8) is 0 Å². The summed E-state index contributed by atoms with van der Waals surface area (Å²) < 4.78 is 0. The Labute approximate surface area is 44.0 Å². The molecule has 0 saturated heterocycles. The number of rotatable bonds is 1. The molecule has 0 aliphatic carbocycles. The van der Waals surface area contributed by atoms with Crippen LogP contribution in [0.15, 0.2) is 23.6 Å². The van der Waals surface area contributed by atoms with Crippen LogP contribution >= 0.6 is 12.6 Å². The minimum atomic E-state index is 1.10. The van der Waals surface area contributed by atoms with Crippen LogP contribution in [0.4, 0.5) is 0 Å². The van der Waals surface area contributed by atoms with Gasteiger partial charge in [0.25, 0.3) is 0 Å². The van der Waals surface area contributed by atoms with Crippen LogP contribution in [0.2, 0.25) is 0 Å². The van der Waals surface area contributed by atoms with Crippen molar-refractivity contribution in [1.82, 2.24) is 0 Å². The standard InChI is InChI=1S/C5H8S/c1-3-5(2)4-6/h3-4,6H,1H2,2H3/b5-4+. The summed E-state index contributed by atoms with van der Waals surface area (Å²) in [4.78, 5) is 0. The third kappa shape index (κ3) is 2.09.